The second kappa shape index (κ2) is 9.36. The number of benzene rings is 2. The molecule has 1 unspecified atom stereocenters. The number of aromatic nitrogens is 1. The first-order valence-corrected chi connectivity index (χ1v) is 9.71. The summed E-state index contributed by atoms with van der Waals surface area (Å²) in [5.74, 6) is 0.910. The average molecular weight is 377 g/mol. The van der Waals surface area contributed by atoms with Gasteiger partial charge >= 0.3 is 5.97 Å². The van der Waals surface area contributed by atoms with Crippen LogP contribution in [-0.4, -0.2) is 24.7 Å². The van der Waals surface area contributed by atoms with Crippen molar-refractivity contribution in [2.45, 2.75) is 32.6 Å². The molecule has 3 rings (SSSR count). The van der Waals surface area contributed by atoms with E-state index < -0.39 is 0 Å². The molecule has 146 valence electrons. The summed E-state index contributed by atoms with van der Waals surface area (Å²) >= 11 is 0. The highest BCUT2D eigenvalue weighted by Gasteiger charge is 2.14. The molecule has 3 aromatic rings. The van der Waals surface area contributed by atoms with Gasteiger partial charge in [-0.2, -0.15) is 0 Å². The van der Waals surface area contributed by atoms with E-state index in [1.54, 1.807) is 0 Å². The molecule has 0 aliphatic rings. The van der Waals surface area contributed by atoms with Gasteiger partial charge in [0, 0.05) is 17.8 Å². The molecule has 0 N–H and O–H groups in total. The smallest absolute Gasteiger partial charge is 0.308 e. The molecule has 28 heavy (non-hydrogen) atoms. The summed E-state index contributed by atoms with van der Waals surface area (Å²) in [5.41, 5.74) is 2.22. The molecular formula is C24H27NO3. The lowest BCUT2D eigenvalue weighted by molar-refractivity contribution is -0.144. The maximum atomic E-state index is 11.6. The Balaban J connectivity index is 1.59. The normalized spacial score (nSPS) is 13.1. The molecule has 0 spiro atoms. The van der Waals surface area contributed by atoms with Gasteiger partial charge < -0.3 is 9.47 Å². The van der Waals surface area contributed by atoms with Crippen molar-refractivity contribution >= 4 is 16.7 Å². The highest BCUT2D eigenvalue weighted by atomic mass is 16.5. The monoisotopic (exact) mass is 377 g/mol. The van der Waals surface area contributed by atoms with Crippen LogP contribution in [-0.2, 0) is 16.0 Å². The van der Waals surface area contributed by atoms with E-state index in [-0.39, 0.29) is 11.9 Å². The highest BCUT2D eigenvalue weighted by Crippen LogP contribution is 2.24. The third-order valence-electron chi connectivity index (χ3n) is 5.03. The molecule has 4 heteroatoms. The lowest BCUT2D eigenvalue weighted by Crippen LogP contribution is -2.15. The first-order chi connectivity index (χ1) is 13.6. The SMILES string of the molecule is COC(=O)[C@@H](C)Cc1ccc2cc(OCCC(C)c3ccccn3)ccc2c1. The molecule has 0 bridgehead atoms. The number of methoxy groups -OCH3 is 1. The van der Waals surface area contributed by atoms with E-state index in [9.17, 15) is 4.79 Å². The summed E-state index contributed by atoms with van der Waals surface area (Å²) < 4.78 is 10.8. The predicted octanol–water partition coefficient (Wildman–Crippen LogP) is 5.16. The summed E-state index contributed by atoms with van der Waals surface area (Å²) in [5, 5.41) is 2.27. The largest absolute Gasteiger partial charge is 0.494 e. The van der Waals surface area contributed by atoms with E-state index in [1.807, 2.05) is 31.3 Å². The van der Waals surface area contributed by atoms with Crippen LogP contribution in [0.1, 0.15) is 37.4 Å². The number of carbonyl (C=O) groups is 1. The van der Waals surface area contributed by atoms with Crippen LogP contribution >= 0.6 is 0 Å². The number of fused-ring (bicyclic) bond motifs is 1. The zero-order valence-electron chi connectivity index (χ0n) is 16.7. The molecule has 0 saturated carbocycles. The van der Waals surface area contributed by atoms with E-state index in [4.69, 9.17) is 9.47 Å². The Kier molecular flexibility index (Phi) is 6.64. The first kappa shape index (κ1) is 19.9. The summed E-state index contributed by atoms with van der Waals surface area (Å²) in [6.45, 7) is 4.71. The van der Waals surface area contributed by atoms with Gasteiger partial charge in [-0.15, -0.1) is 0 Å². The average Bonchev–Trinajstić information content (AvgIpc) is 2.73. The van der Waals surface area contributed by atoms with Crippen molar-refractivity contribution < 1.29 is 14.3 Å². The fourth-order valence-electron chi connectivity index (χ4n) is 3.30. The Morgan fingerprint density at radius 1 is 1.04 bits per heavy atom. The zero-order chi connectivity index (χ0) is 19.9. The van der Waals surface area contributed by atoms with Gasteiger partial charge in [0.25, 0.3) is 0 Å². The van der Waals surface area contributed by atoms with Crippen LogP contribution in [0.25, 0.3) is 10.8 Å². The molecule has 1 heterocycles. The highest BCUT2D eigenvalue weighted by molar-refractivity contribution is 5.84. The fourth-order valence-corrected chi connectivity index (χ4v) is 3.30. The zero-order valence-corrected chi connectivity index (χ0v) is 16.7. The quantitative estimate of drug-likeness (QED) is 0.509. The Bertz CT molecular complexity index is 924. The third kappa shape index (κ3) is 5.10. The van der Waals surface area contributed by atoms with Crippen molar-refractivity contribution in [3.8, 4) is 5.75 Å². The Labute approximate surface area is 166 Å². The van der Waals surface area contributed by atoms with Gasteiger partial charge in [0.15, 0.2) is 0 Å². The molecular weight excluding hydrogens is 350 g/mol. The molecule has 4 nitrogen and oxygen atoms in total. The van der Waals surface area contributed by atoms with Gasteiger partial charge in [-0.05, 0) is 53.4 Å². The maximum Gasteiger partial charge on any atom is 0.308 e. The number of hydrogen-bond donors (Lipinski definition) is 0. The van der Waals surface area contributed by atoms with Crippen molar-refractivity contribution in [3.05, 3.63) is 72.1 Å². The fraction of sp³-hybridized carbons (Fsp3) is 0.333. The van der Waals surface area contributed by atoms with Crippen molar-refractivity contribution in [1.82, 2.24) is 4.98 Å². The minimum absolute atomic E-state index is 0.147. The van der Waals surface area contributed by atoms with Crippen LogP contribution < -0.4 is 4.74 Å². The molecule has 1 aromatic heterocycles. The van der Waals surface area contributed by atoms with E-state index in [1.165, 1.54) is 7.11 Å². The van der Waals surface area contributed by atoms with Crippen LogP contribution in [0.4, 0.5) is 0 Å². The summed E-state index contributed by atoms with van der Waals surface area (Å²) in [6.07, 6.45) is 3.42. The van der Waals surface area contributed by atoms with Gasteiger partial charge in [-0.1, -0.05) is 44.2 Å². The Morgan fingerprint density at radius 2 is 1.82 bits per heavy atom. The second-order valence-corrected chi connectivity index (χ2v) is 7.26. The number of rotatable bonds is 8. The van der Waals surface area contributed by atoms with E-state index in [0.29, 0.717) is 18.9 Å². The lowest BCUT2D eigenvalue weighted by atomic mass is 9.98. The van der Waals surface area contributed by atoms with Crippen molar-refractivity contribution in [2.75, 3.05) is 13.7 Å². The van der Waals surface area contributed by atoms with Gasteiger partial charge in [0.05, 0.1) is 19.6 Å². The number of esters is 1. The molecule has 0 aliphatic heterocycles. The third-order valence-corrected chi connectivity index (χ3v) is 5.03. The lowest BCUT2D eigenvalue weighted by Gasteiger charge is -2.13. The van der Waals surface area contributed by atoms with Crippen LogP contribution in [0.3, 0.4) is 0 Å². The summed E-state index contributed by atoms with van der Waals surface area (Å²) in [6, 6.07) is 18.4. The van der Waals surface area contributed by atoms with Crippen LogP contribution in [0.5, 0.6) is 5.75 Å². The standard InChI is InChI=1S/C24H27NO3/c1-17(23-6-4-5-12-25-23)11-13-28-22-10-9-20-15-19(7-8-21(20)16-22)14-18(2)24(26)27-3/h4-10,12,15-18H,11,13-14H2,1-3H3/t17?,18-/m0/s1. The van der Waals surface area contributed by atoms with Crippen molar-refractivity contribution in [3.63, 3.8) is 0 Å². The number of pyridine rings is 1. The molecule has 0 aliphatic carbocycles. The molecule has 0 fully saturated rings. The van der Waals surface area contributed by atoms with Gasteiger partial charge in [0.2, 0.25) is 0 Å². The van der Waals surface area contributed by atoms with Crippen LogP contribution in [0.15, 0.2) is 60.8 Å². The van der Waals surface area contributed by atoms with E-state index in [0.717, 1.165) is 34.2 Å². The van der Waals surface area contributed by atoms with E-state index >= 15 is 0 Å². The van der Waals surface area contributed by atoms with Crippen LogP contribution in [0, 0.1) is 5.92 Å². The molecule has 2 atom stereocenters. The summed E-state index contributed by atoms with van der Waals surface area (Å²) in [7, 11) is 1.43. The minimum Gasteiger partial charge on any atom is -0.494 e. The molecule has 0 radical (unpaired) electrons. The number of carbonyl (C=O) groups excluding carboxylic acids is 1. The van der Waals surface area contributed by atoms with Crippen LogP contribution in [0.2, 0.25) is 0 Å². The Hall–Kier alpha value is -2.88. The number of hydrogen-bond acceptors (Lipinski definition) is 4. The first-order valence-electron chi connectivity index (χ1n) is 9.71. The number of ether oxygens (including phenoxy) is 2. The maximum absolute atomic E-state index is 11.6. The minimum atomic E-state index is -0.177. The Morgan fingerprint density at radius 3 is 2.57 bits per heavy atom. The predicted molar refractivity (Wildman–Crippen MR) is 112 cm³/mol. The molecule has 2 aromatic carbocycles. The summed E-state index contributed by atoms with van der Waals surface area (Å²) in [4.78, 5) is 16.0. The van der Waals surface area contributed by atoms with Gasteiger partial charge in [-0.3, -0.25) is 9.78 Å². The second-order valence-electron chi connectivity index (χ2n) is 7.26. The van der Waals surface area contributed by atoms with Gasteiger partial charge in [0.1, 0.15) is 5.75 Å². The van der Waals surface area contributed by atoms with E-state index in [2.05, 4.69) is 48.3 Å². The molecule has 0 saturated heterocycles. The van der Waals surface area contributed by atoms with Crippen molar-refractivity contribution in [2.24, 2.45) is 5.92 Å². The van der Waals surface area contributed by atoms with Crippen molar-refractivity contribution in [1.29, 1.82) is 0 Å². The van der Waals surface area contributed by atoms with Gasteiger partial charge in [-0.25, -0.2) is 0 Å². The molecule has 0 amide bonds. The number of nitrogens with zero attached hydrogens (tertiary/aromatic N) is 1. The topological polar surface area (TPSA) is 48.4 Å².